The molecule has 0 radical (unpaired) electrons. The standard InChI is InChI=1S/C23H21NO5/c1-29-17-8-3-5-14(12-17)18-13-21(26)24(19-9-4-10-20(25)22(18)19)16-7-2-6-15(11-16)23(27)28/h2-3,5-8,11-12,18H,4,9-10,13H2,1H3,(H,27,28). The van der Waals surface area contributed by atoms with Gasteiger partial charge in [0.25, 0.3) is 0 Å². The van der Waals surface area contributed by atoms with Crippen molar-refractivity contribution in [3.8, 4) is 5.75 Å². The molecule has 1 unspecified atom stereocenters. The number of amides is 1. The number of nitrogens with zero attached hydrogens (tertiary/aromatic N) is 1. The number of carboxylic acid groups (broad SMARTS) is 1. The number of allylic oxidation sites excluding steroid dienone is 2. The molecule has 2 aromatic rings. The second-order valence-electron chi connectivity index (χ2n) is 7.26. The summed E-state index contributed by atoms with van der Waals surface area (Å²) in [6, 6.07) is 13.8. The van der Waals surface area contributed by atoms with Crippen LogP contribution in [0.3, 0.4) is 0 Å². The number of carbonyl (C=O) groups excluding carboxylic acids is 2. The predicted molar refractivity (Wildman–Crippen MR) is 107 cm³/mol. The lowest BCUT2D eigenvalue weighted by Crippen LogP contribution is -2.40. The maximum Gasteiger partial charge on any atom is 0.335 e. The van der Waals surface area contributed by atoms with Gasteiger partial charge in [0.1, 0.15) is 5.75 Å². The zero-order valence-electron chi connectivity index (χ0n) is 16.1. The van der Waals surface area contributed by atoms with E-state index in [-0.39, 0.29) is 29.6 Å². The van der Waals surface area contributed by atoms with Crippen LogP contribution in [-0.4, -0.2) is 29.9 Å². The molecule has 1 aliphatic carbocycles. The summed E-state index contributed by atoms with van der Waals surface area (Å²) in [5.74, 6) is -0.796. The second-order valence-corrected chi connectivity index (χ2v) is 7.26. The van der Waals surface area contributed by atoms with Crippen molar-refractivity contribution in [3.05, 3.63) is 70.9 Å². The molecule has 0 bridgehead atoms. The Morgan fingerprint density at radius 3 is 2.66 bits per heavy atom. The highest BCUT2D eigenvalue weighted by molar-refractivity contribution is 6.07. The molecule has 2 aromatic carbocycles. The van der Waals surface area contributed by atoms with E-state index in [4.69, 9.17) is 4.74 Å². The minimum Gasteiger partial charge on any atom is -0.497 e. The van der Waals surface area contributed by atoms with E-state index in [0.717, 1.165) is 5.56 Å². The van der Waals surface area contributed by atoms with Gasteiger partial charge in [-0.2, -0.15) is 0 Å². The number of benzene rings is 2. The van der Waals surface area contributed by atoms with E-state index < -0.39 is 5.97 Å². The van der Waals surface area contributed by atoms with Gasteiger partial charge in [0.2, 0.25) is 5.91 Å². The van der Waals surface area contributed by atoms with E-state index in [1.165, 1.54) is 17.0 Å². The monoisotopic (exact) mass is 391 g/mol. The van der Waals surface area contributed by atoms with Gasteiger partial charge in [-0.05, 0) is 48.7 Å². The third kappa shape index (κ3) is 3.42. The topological polar surface area (TPSA) is 83.9 Å². The quantitative estimate of drug-likeness (QED) is 0.854. The molecule has 0 saturated heterocycles. The van der Waals surface area contributed by atoms with Crippen LogP contribution in [0.1, 0.15) is 47.5 Å². The first kappa shape index (κ1) is 18.9. The second kappa shape index (κ2) is 7.54. The molecule has 0 spiro atoms. The Bertz CT molecular complexity index is 1040. The SMILES string of the molecule is COc1cccc(C2CC(=O)N(c3cccc(C(=O)O)c3)C3=C2C(=O)CCC3)c1. The highest BCUT2D eigenvalue weighted by Crippen LogP contribution is 2.43. The van der Waals surface area contributed by atoms with Gasteiger partial charge in [0, 0.05) is 35.7 Å². The van der Waals surface area contributed by atoms with Crippen LogP contribution in [0, 0.1) is 0 Å². The number of ether oxygens (including phenoxy) is 1. The summed E-state index contributed by atoms with van der Waals surface area (Å²) in [5, 5.41) is 9.31. The number of ketones is 1. The van der Waals surface area contributed by atoms with E-state index in [1.807, 2.05) is 24.3 Å². The number of carboxylic acids is 1. The number of methoxy groups -OCH3 is 1. The first-order valence-electron chi connectivity index (χ1n) is 9.56. The Morgan fingerprint density at radius 1 is 1.10 bits per heavy atom. The van der Waals surface area contributed by atoms with Crippen LogP contribution < -0.4 is 9.64 Å². The van der Waals surface area contributed by atoms with Crippen molar-refractivity contribution in [2.24, 2.45) is 0 Å². The van der Waals surface area contributed by atoms with Crippen molar-refractivity contribution in [2.45, 2.75) is 31.6 Å². The molecule has 1 amide bonds. The van der Waals surface area contributed by atoms with E-state index >= 15 is 0 Å². The summed E-state index contributed by atoms with van der Waals surface area (Å²) in [6.45, 7) is 0. The fraction of sp³-hybridized carbons (Fsp3) is 0.261. The van der Waals surface area contributed by atoms with Gasteiger partial charge in [-0.1, -0.05) is 18.2 Å². The third-order valence-electron chi connectivity index (χ3n) is 5.52. The summed E-state index contributed by atoms with van der Waals surface area (Å²) in [7, 11) is 1.58. The van der Waals surface area contributed by atoms with Crippen LogP contribution in [-0.2, 0) is 9.59 Å². The molecule has 148 valence electrons. The smallest absolute Gasteiger partial charge is 0.335 e. The Kier molecular flexibility index (Phi) is 4.92. The van der Waals surface area contributed by atoms with Crippen LogP contribution in [0.4, 0.5) is 5.69 Å². The van der Waals surface area contributed by atoms with Crippen molar-refractivity contribution in [1.82, 2.24) is 0 Å². The van der Waals surface area contributed by atoms with Crippen LogP contribution in [0.25, 0.3) is 0 Å². The Labute approximate surface area is 168 Å². The van der Waals surface area contributed by atoms with Crippen molar-refractivity contribution in [3.63, 3.8) is 0 Å². The van der Waals surface area contributed by atoms with E-state index in [0.29, 0.717) is 42.0 Å². The molecule has 1 aliphatic heterocycles. The molecule has 0 saturated carbocycles. The summed E-state index contributed by atoms with van der Waals surface area (Å²) < 4.78 is 5.31. The summed E-state index contributed by atoms with van der Waals surface area (Å²) in [4.78, 5) is 39.0. The predicted octanol–water partition coefficient (Wildman–Crippen LogP) is 3.92. The normalized spacial score (nSPS) is 19.2. The van der Waals surface area contributed by atoms with Gasteiger partial charge in [0.15, 0.2) is 5.78 Å². The third-order valence-corrected chi connectivity index (χ3v) is 5.52. The highest BCUT2D eigenvalue weighted by Gasteiger charge is 2.39. The van der Waals surface area contributed by atoms with Gasteiger partial charge in [-0.25, -0.2) is 4.79 Å². The largest absolute Gasteiger partial charge is 0.497 e. The lowest BCUT2D eigenvalue weighted by Gasteiger charge is -2.38. The van der Waals surface area contributed by atoms with Gasteiger partial charge >= 0.3 is 5.97 Å². The Balaban J connectivity index is 1.85. The van der Waals surface area contributed by atoms with Crippen LogP contribution in [0.2, 0.25) is 0 Å². The van der Waals surface area contributed by atoms with Gasteiger partial charge in [-0.15, -0.1) is 0 Å². The molecule has 4 rings (SSSR count). The number of hydrogen-bond acceptors (Lipinski definition) is 4. The minimum atomic E-state index is -1.06. The first-order valence-corrected chi connectivity index (χ1v) is 9.56. The van der Waals surface area contributed by atoms with Crippen LogP contribution >= 0.6 is 0 Å². The first-order chi connectivity index (χ1) is 14.0. The van der Waals surface area contributed by atoms with Crippen molar-refractivity contribution >= 4 is 23.3 Å². The van der Waals surface area contributed by atoms with Crippen molar-refractivity contribution < 1.29 is 24.2 Å². The number of anilines is 1. The molecule has 1 atom stereocenters. The minimum absolute atomic E-state index is 0.0472. The maximum atomic E-state index is 13.2. The van der Waals surface area contributed by atoms with E-state index in [2.05, 4.69) is 0 Å². The molecule has 1 N–H and O–H groups in total. The van der Waals surface area contributed by atoms with E-state index in [1.54, 1.807) is 19.2 Å². The summed E-state index contributed by atoms with van der Waals surface area (Å²) in [5.41, 5.74) is 2.81. The van der Waals surface area contributed by atoms with Gasteiger partial charge in [0.05, 0.1) is 12.7 Å². The molecular weight excluding hydrogens is 370 g/mol. The zero-order valence-corrected chi connectivity index (χ0v) is 16.1. The van der Waals surface area contributed by atoms with Crippen LogP contribution in [0.5, 0.6) is 5.75 Å². The summed E-state index contributed by atoms with van der Waals surface area (Å²) >= 11 is 0. The number of carbonyl (C=O) groups is 3. The summed E-state index contributed by atoms with van der Waals surface area (Å²) in [6.07, 6.45) is 1.88. The fourth-order valence-corrected chi connectivity index (χ4v) is 4.21. The Morgan fingerprint density at radius 2 is 1.90 bits per heavy atom. The molecule has 0 aromatic heterocycles. The lowest BCUT2D eigenvalue weighted by molar-refractivity contribution is -0.119. The molecule has 6 heteroatoms. The Hall–Kier alpha value is -3.41. The van der Waals surface area contributed by atoms with Crippen LogP contribution in [0.15, 0.2) is 59.8 Å². The van der Waals surface area contributed by atoms with Crippen molar-refractivity contribution in [2.75, 3.05) is 12.0 Å². The average molecular weight is 391 g/mol. The molecular formula is C23H21NO5. The lowest BCUT2D eigenvalue weighted by atomic mass is 9.77. The zero-order chi connectivity index (χ0) is 20.5. The average Bonchev–Trinajstić information content (AvgIpc) is 2.73. The number of aromatic carboxylic acids is 1. The molecule has 2 aliphatic rings. The fourth-order valence-electron chi connectivity index (χ4n) is 4.21. The number of rotatable bonds is 4. The van der Waals surface area contributed by atoms with E-state index in [9.17, 15) is 19.5 Å². The maximum absolute atomic E-state index is 13.2. The highest BCUT2D eigenvalue weighted by atomic mass is 16.5. The van der Waals surface area contributed by atoms with Crippen molar-refractivity contribution in [1.29, 1.82) is 0 Å². The number of hydrogen-bond donors (Lipinski definition) is 1. The molecule has 0 fully saturated rings. The molecule has 29 heavy (non-hydrogen) atoms. The van der Waals surface area contributed by atoms with Gasteiger partial charge in [-0.3, -0.25) is 14.5 Å². The van der Waals surface area contributed by atoms with Gasteiger partial charge < -0.3 is 9.84 Å². The molecule has 6 nitrogen and oxygen atoms in total. The number of Topliss-reactive ketones (excluding diaryl/α,β-unsaturated/α-hetero) is 1. The molecule has 1 heterocycles.